The summed E-state index contributed by atoms with van der Waals surface area (Å²) in [6, 6.07) is 2.06. The van der Waals surface area contributed by atoms with Gasteiger partial charge in [-0.05, 0) is 37.5 Å². The normalized spacial score (nSPS) is 15.7. The van der Waals surface area contributed by atoms with Crippen molar-refractivity contribution in [3.63, 3.8) is 0 Å². The van der Waals surface area contributed by atoms with Gasteiger partial charge in [-0.2, -0.15) is 0 Å². The van der Waals surface area contributed by atoms with Crippen molar-refractivity contribution in [1.82, 2.24) is 20.1 Å². The summed E-state index contributed by atoms with van der Waals surface area (Å²) in [5, 5.41) is 3.36. The zero-order valence-corrected chi connectivity index (χ0v) is 14.4. The highest BCUT2D eigenvalue weighted by Crippen LogP contribution is 2.07. The van der Waals surface area contributed by atoms with Crippen molar-refractivity contribution in [2.24, 2.45) is 4.99 Å². The van der Waals surface area contributed by atoms with Crippen molar-refractivity contribution in [1.29, 1.82) is 0 Å². The van der Waals surface area contributed by atoms with Crippen molar-refractivity contribution in [3.8, 4) is 0 Å². The van der Waals surface area contributed by atoms with Crippen LogP contribution >= 0.6 is 0 Å². The van der Waals surface area contributed by atoms with Crippen molar-refractivity contribution < 1.29 is 4.79 Å². The molecule has 0 atom stereocenters. The number of piperazine rings is 1. The van der Waals surface area contributed by atoms with Gasteiger partial charge >= 0.3 is 0 Å². The van der Waals surface area contributed by atoms with Crippen LogP contribution in [0.5, 0.6) is 0 Å². The minimum atomic E-state index is 0.153. The van der Waals surface area contributed by atoms with Crippen LogP contribution in [0.25, 0.3) is 0 Å². The second-order valence-electron chi connectivity index (χ2n) is 5.78. The van der Waals surface area contributed by atoms with Crippen LogP contribution in [-0.4, -0.2) is 65.9 Å². The Morgan fingerprint density at radius 2 is 2.00 bits per heavy atom. The quantitative estimate of drug-likeness (QED) is 0.666. The minimum Gasteiger partial charge on any atom is -0.357 e. The Balaban J connectivity index is 1.93. The molecule has 1 aromatic heterocycles. The first-order valence-corrected chi connectivity index (χ1v) is 8.30. The van der Waals surface area contributed by atoms with E-state index in [0.29, 0.717) is 0 Å². The first-order valence-electron chi connectivity index (χ1n) is 8.30. The van der Waals surface area contributed by atoms with Crippen LogP contribution in [0, 0.1) is 6.92 Å². The van der Waals surface area contributed by atoms with Crippen molar-refractivity contribution in [2.45, 2.75) is 27.2 Å². The van der Waals surface area contributed by atoms with Crippen LogP contribution in [-0.2, 0) is 11.2 Å². The molecule has 6 heteroatoms. The number of hydrogen-bond acceptors (Lipinski definition) is 3. The Morgan fingerprint density at radius 3 is 2.61 bits per heavy atom. The summed E-state index contributed by atoms with van der Waals surface area (Å²) in [5.74, 6) is 1.10. The molecule has 1 saturated heterocycles. The van der Waals surface area contributed by atoms with Gasteiger partial charge in [0.25, 0.3) is 0 Å². The molecule has 6 nitrogen and oxygen atoms in total. The lowest BCUT2D eigenvalue weighted by atomic mass is 10.1. The molecule has 0 aromatic carbocycles. The number of nitrogens with one attached hydrogen (secondary N) is 1. The van der Waals surface area contributed by atoms with Crippen molar-refractivity contribution in [3.05, 3.63) is 29.6 Å². The smallest absolute Gasteiger partial charge is 0.219 e. The van der Waals surface area contributed by atoms with Gasteiger partial charge < -0.3 is 15.1 Å². The predicted octanol–water partition coefficient (Wildman–Crippen LogP) is 1.06. The summed E-state index contributed by atoms with van der Waals surface area (Å²) in [4.78, 5) is 24.4. The van der Waals surface area contributed by atoms with Gasteiger partial charge in [0.15, 0.2) is 5.96 Å². The fraction of sp³-hybridized carbons (Fsp3) is 0.588. The van der Waals surface area contributed by atoms with E-state index in [0.717, 1.165) is 51.6 Å². The summed E-state index contributed by atoms with van der Waals surface area (Å²) in [5.41, 5.74) is 2.50. The number of amides is 1. The van der Waals surface area contributed by atoms with E-state index < -0.39 is 0 Å². The van der Waals surface area contributed by atoms with Gasteiger partial charge in [0.05, 0.1) is 0 Å². The number of aromatic nitrogens is 1. The number of nitrogens with zero attached hydrogens (tertiary/aromatic N) is 4. The third-order valence-corrected chi connectivity index (χ3v) is 4.14. The zero-order chi connectivity index (χ0) is 16.7. The second-order valence-corrected chi connectivity index (χ2v) is 5.78. The number of rotatable bonds is 4. The van der Waals surface area contributed by atoms with E-state index in [-0.39, 0.29) is 5.91 Å². The molecule has 1 amide bonds. The van der Waals surface area contributed by atoms with Gasteiger partial charge in [0, 0.05) is 58.6 Å². The number of carbonyl (C=O) groups excluding carboxylic acids is 1. The van der Waals surface area contributed by atoms with Crippen molar-refractivity contribution in [2.75, 3.05) is 39.3 Å². The van der Waals surface area contributed by atoms with E-state index in [4.69, 9.17) is 4.99 Å². The number of aryl methyl sites for hydroxylation is 1. The molecule has 0 aliphatic carbocycles. The molecule has 0 radical (unpaired) electrons. The van der Waals surface area contributed by atoms with Gasteiger partial charge in [-0.3, -0.25) is 14.8 Å². The molecule has 126 valence electrons. The van der Waals surface area contributed by atoms with Crippen LogP contribution in [0.2, 0.25) is 0 Å². The second kappa shape index (κ2) is 8.50. The first kappa shape index (κ1) is 17.2. The third-order valence-electron chi connectivity index (χ3n) is 4.14. The van der Waals surface area contributed by atoms with Crippen LogP contribution in [0.15, 0.2) is 23.5 Å². The average Bonchev–Trinajstić information content (AvgIpc) is 2.56. The first-order chi connectivity index (χ1) is 11.1. The Labute approximate surface area is 138 Å². The molecule has 2 heterocycles. The molecule has 1 aromatic rings. The van der Waals surface area contributed by atoms with Gasteiger partial charge in [0.2, 0.25) is 5.91 Å². The summed E-state index contributed by atoms with van der Waals surface area (Å²) in [7, 11) is 0. The van der Waals surface area contributed by atoms with Gasteiger partial charge in [-0.1, -0.05) is 0 Å². The van der Waals surface area contributed by atoms with Gasteiger partial charge in [-0.25, -0.2) is 0 Å². The maximum Gasteiger partial charge on any atom is 0.219 e. The molecule has 0 bridgehead atoms. The molecule has 23 heavy (non-hydrogen) atoms. The monoisotopic (exact) mass is 317 g/mol. The topological polar surface area (TPSA) is 60.8 Å². The fourth-order valence-electron chi connectivity index (χ4n) is 2.72. The molecule has 0 spiro atoms. The Bertz CT molecular complexity index is 550. The highest BCUT2D eigenvalue weighted by Gasteiger charge is 2.20. The fourth-order valence-corrected chi connectivity index (χ4v) is 2.72. The lowest BCUT2D eigenvalue weighted by molar-refractivity contribution is -0.130. The largest absolute Gasteiger partial charge is 0.357 e. The predicted molar refractivity (Wildman–Crippen MR) is 92.5 cm³/mol. The molecule has 1 N–H and O–H groups in total. The number of pyridine rings is 1. The van der Waals surface area contributed by atoms with Crippen LogP contribution in [0.3, 0.4) is 0 Å². The SMILES string of the molecule is CCNC(=NCCc1ccncc1C)N1CCN(C(C)=O)CC1. The third kappa shape index (κ3) is 4.94. The summed E-state index contributed by atoms with van der Waals surface area (Å²) in [6.07, 6.45) is 4.64. The Kier molecular flexibility index (Phi) is 6.38. The summed E-state index contributed by atoms with van der Waals surface area (Å²) in [6.45, 7) is 10.6. The van der Waals surface area contributed by atoms with Crippen LogP contribution in [0.4, 0.5) is 0 Å². The Hall–Kier alpha value is -2.11. The van der Waals surface area contributed by atoms with E-state index in [1.165, 1.54) is 11.1 Å². The summed E-state index contributed by atoms with van der Waals surface area (Å²) >= 11 is 0. The molecule has 1 aliphatic rings. The minimum absolute atomic E-state index is 0.153. The zero-order valence-electron chi connectivity index (χ0n) is 14.4. The van der Waals surface area contributed by atoms with Crippen LogP contribution in [0.1, 0.15) is 25.0 Å². The van der Waals surface area contributed by atoms with E-state index in [2.05, 4.69) is 35.1 Å². The highest BCUT2D eigenvalue weighted by molar-refractivity contribution is 5.80. The van der Waals surface area contributed by atoms with E-state index >= 15 is 0 Å². The molecular weight excluding hydrogens is 290 g/mol. The van der Waals surface area contributed by atoms with E-state index in [1.807, 2.05) is 17.3 Å². The molecule has 0 unspecified atom stereocenters. The molecule has 0 saturated carbocycles. The van der Waals surface area contributed by atoms with E-state index in [1.54, 1.807) is 6.92 Å². The van der Waals surface area contributed by atoms with Crippen LogP contribution < -0.4 is 5.32 Å². The van der Waals surface area contributed by atoms with Crippen molar-refractivity contribution >= 4 is 11.9 Å². The maximum absolute atomic E-state index is 11.4. The maximum atomic E-state index is 11.4. The number of hydrogen-bond donors (Lipinski definition) is 1. The molecule has 1 aliphatic heterocycles. The average molecular weight is 317 g/mol. The van der Waals surface area contributed by atoms with E-state index in [9.17, 15) is 4.79 Å². The summed E-state index contributed by atoms with van der Waals surface area (Å²) < 4.78 is 0. The standard InChI is InChI=1S/C17H27N5O/c1-4-19-17(22-11-9-21(10-12-22)15(3)23)20-8-6-16-5-7-18-13-14(16)2/h5,7,13H,4,6,8-12H2,1-3H3,(H,19,20). The molecular formula is C17H27N5O. The lowest BCUT2D eigenvalue weighted by Crippen LogP contribution is -2.53. The van der Waals surface area contributed by atoms with Gasteiger partial charge in [-0.15, -0.1) is 0 Å². The number of aliphatic imine (C=N–C) groups is 1. The number of carbonyl (C=O) groups is 1. The lowest BCUT2D eigenvalue weighted by Gasteiger charge is -2.36. The molecule has 2 rings (SSSR count). The molecule has 1 fully saturated rings. The van der Waals surface area contributed by atoms with Gasteiger partial charge in [0.1, 0.15) is 0 Å². The highest BCUT2D eigenvalue weighted by atomic mass is 16.2. The Morgan fingerprint density at radius 1 is 1.30 bits per heavy atom. The number of guanidine groups is 1.